The minimum atomic E-state index is -0.0271. The molecule has 0 aromatic heterocycles. The Balaban J connectivity index is 1.64. The second-order valence-corrected chi connectivity index (χ2v) is 6.03. The first-order chi connectivity index (χ1) is 14.8. The lowest BCUT2D eigenvalue weighted by Crippen LogP contribution is -2.12. The van der Waals surface area contributed by atoms with Gasteiger partial charge in [0.15, 0.2) is 38.7 Å². The molecule has 10 nitrogen and oxygen atoms in total. The maximum atomic E-state index is 5.72. The van der Waals surface area contributed by atoms with Crippen molar-refractivity contribution < 1.29 is 37.9 Å². The molecule has 0 unspecified atom stereocenters. The molecule has 164 valence electrons. The molecule has 0 fully saturated rings. The Morgan fingerprint density at radius 2 is 1.00 bits per heavy atom. The zero-order valence-corrected chi connectivity index (χ0v) is 17.0. The number of rotatable bonds is 14. The third-order valence-electron chi connectivity index (χ3n) is 3.88. The number of fused-ring (bicyclic) bond motifs is 2. The fourth-order valence-corrected chi connectivity index (χ4v) is 2.61. The Bertz CT molecular complexity index is 725. The Morgan fingerprint density at radius 1 is 0.567 bits per heavy atom. The summed E-state index contributed by atoms with van der Waals surface area (Å²) in [5.41, 5.74) is 3.62. The van der Waals surface area contributed by atoms with Crippen LogP contribution < -0.4 is 20.1 Å². The minimum absolute atomic E-state index is 0.0271. The number of hydrogen-bond donors (Lipinski definition) is 2. The zero-order chi connectivity index (χ0) is 21.0. The first-order valence-corrected chi connectivity index (χ1v) is 9.17. The van der Waals surface area contributed by atoms with Crippen LogP contribution in [0.4, 0.5) is 22.7 Å². The van der Waals surface area contributed by atoms with Gasteiger partial charge in [0.2, 0.25) is 0 Å². The van der Waals surface area contributed by atoms with E-state index in [1.54, 1.807) is 0 Å². The van der Waals surface area contributed by atoms with Crippen molar-refractivity contribution in [2.75, 3.05) is 65.6 Å². The summed E-state index contributed by atoms with van der Waals surface area (Å²) in [6.45, 7) is 0.320. The summed E-state index contributed by atoms with van der Waals surface area (Å²) in [5, 5.41) is 6.74. The molecular weight excluding hydrogens is 396 g/mol. The topological polar surface area (TPSA) is 97.9 Å². The van der Waals surface area contributed by atoms with Crippen LogP contribution in [0.15, 0.2) is 36.4 Å². The van der Waals surface area contributed by atoms with Crippen LogP contribution in [-0.4, -0.2) is 55.0 Å². The molecule has 0 aliphatic carbocycles. The zero-order valence-electron chi connectivity index (χ0n) is 17.0. The first-order valence-electron chi connectivity index (χ1n) is 9.17. The highest BCUT2D eigenvalue weighted by Crippen LogP contribution is 2.44. The second-order valence-electron chi connectivity index (χ2n) is 6.03. The van der Waals surface area contributed by atoms with Gasteiger partial charge in [-0.05, 0) is 12.1 Å². The van der Waals surface area contributed by atoms with Crippen LogP contribution in [0.2, 0.25) is 0 Å². The number of ether oxygens (including phenoxy) is 8. The number of methoxy groups -OCH3 is 2. The van der Waals surface area contributed by atoms with E-state index < -0.39 is 0 Å². The maximum Gasteiger partial charge on any atom is 0.191 e. The normalized spacial score (nSPS) is 11.8. The summed E-state index contributed by atoms with van der Waals surface area (Å²) >= 11 is 0. The Hall–Kier alpha value is -2.60. The largest absolute Gasteiger partial charge is 0.463 e. The maximum absolute atomic E-state index is 5.72. The van der Waals surface area contributed by atoms with Gasteiger partial charge in [0, 0.05) is 26.4 Å². The van der Waals surface area contributed by atoms with Gasteiger partial charge in [-0.1, -0.05) is 12.1 Å². The lowest BCUT2D eigenvalue weighted by atomic mass is 10.1. The van der Waals surface area contributed by atoms with Gasteiger partial charge in [-0.15, -0.1) is 0 Å². The molecule has 2 aromatic rings. The van der Waals surface area contributed by atoms with E-state index in [4.69, 9.17) is 37.9 Å². The lowest BCUT2D eigenvalue weighted by Gasteiger charge is -2.24. The molecule has 0 bridgehead atoms. The van der Waals surface area contributed by atoms with Crippen LogP contribution in [0, 0.1) is 0 Å². The van der Waals surface area contributed by atoms with E-state index in [-0.39, 0.29) is 40.8 Å². The summed E-state index contributed by atoms with van der Waals surface area (Å²) in [5.74, 6) is 0.964. The molecule has 1 heterocycles. The summed E-state index contributed by atoms with van der Waals surface area (Å²) in [4.78, 5) is 0. The molecule has 30 heavy (non-hydrogen) atoms. The third kappa shape index (κ3) is 6.46. The monoisotopic (exact) mass is 422 g/mol. The molecule has 0 spiro atoms. The van der Waals surface area contributed by atoms with Crippen molar-refractivity contribution in [2.24, 2.45) is 0 Å². The van der Waals surface area contributed by atoms with Crippen LogP contribution >= 0.6 is 0 Å². The van der Waals surface area contributed by atoms with Gasteiger partial charge in [0.1, 0.15) is 13.6 Å². The van der Waals surface area contributed by atoms with Crippen molar-refractivity contribution >= 4 is 22.7 Å². The molecule has 1 aliphatic rings. The molecule has 1 aliphatic heterocycles. The predicted octanol–water partition coefficient (Wildman–Crippen LogP) is 3.35. The summed E-state index contributed by atoms with van der Waals surface area (Å²) < 4.78 is 41.7. The fourth-order valence-electron chi connectivity index (χ4n) is 2.61. The van der Waals surface area contributed by atoms with Gasteiger partial charge in [-0.25, -0.2) is 0 Å². The van der Waals surface area contributed by atoms with Crippen molar-refractivity contribution in [1.29, 1.82) is 0 Å². The van der Waals surface area contributed by atoms with Crippen molar-refractivity contribution in [3.8, 4) is 11.5 Å². The van der Waals surface area contributed by atoms with Crippen molar-refractivity contribution in [1.82, 2.24) is 0 Å². The van der Waals surface area contributed by atoms with Crippen LogP contribution in [0.3, 0.4) is 0 Å². The van der Waals surface area contributed by atoms with E-state index in [1.807, 2.05) is 36.4 Å². The van der Waals surface area contributed by atoms with Crippen LogP contribution in [0.25, 0.3) is 0 Å². The summed E-state index contributed by atoms with van der Waals surface area (Å²) in [6, 6.07) is 11.6. The molecular formula is C20H26N2O8. The molecule has 2 aromatic carbocycles. The van der Waals surface area contributed by atoms with E-state index in [2.05, 4.69) is 10.6 Å². The van der Waals surface area contributed by atoms with Crippen LogP contribution in [0.5, 0.6) is 11.5 Å². The number of para-hydroxylation sites is 2. The third-order valence-corrected chi connectivity index (χ3v) is 3.88. The molecule has 0 saturated carbocycles. The van der Waals surface area contributed by atoms with Crippen molar-refractivity contribution in [3.05, 3.63) is 36.4 Å². The number of hydrogen-bond acceptors (Lipinski definition) is 10. The van der Waals surface area contributed by atoms with E-state index >= 15 is 0 Å². The second kappa shape index (κ2) is 12.2. The van der Waals surface area contributed by atoms with Crippen LogP contribution in [0.1, 0.15) is 0 Å². The lowest BCUT2D eigenvalue weighted by molar-refractivity contribution is -0.148. The molecule has 10 heteroatoms. The van der Waals surface area contributed by atoms with Gasteiger partial charge in [0.05, 0.1) is 22.7 Å². The summed E-state index contributed by atoms with van der Waals surface area (Å²) in [7, 11) is 3.07. The Labute approximate surface area is 174 Å². The fraction of sp³-hybridized carbons (Fsp3) is 0.400. The van der Waals surface area contributed by atoms with E-state index in [1.165, 1.54) is 14.2 Å². The smallest absolute Gasteiger partial charge is 0.191 e. The average Bonchev–Trinajstić information content (AvgIpc) is 2.77. The molecule has 2 N–H and O–H groups in total. The average molecular weight is 422 g/mol. The molecule has 0 saturated heterocycles. The van der Waals surface area contributed by atoms with Gasteiger partial charge in [0.25, 0.3) is 0 Å². The van der Waals surface area contributed by atoms with Crippen molar-refractivity contribution in [2.45, 2.75) is 0 Å². The number of benzene rings is 2. The van der Waals surface area contributed by atoms with Crippen LogP contribution in [-0.2, 0) is 28.4 Å². The SMILES string of the molecule is COCOCOCOc1cc2c(cc1OCOCOCOC)Nc1ccccc1N2. The quantitative estimate of drug-likeness (QED) is 0.297. The molecule has 0 atom stereocenters. The van der Waals surface area contributed by atoms with E-state index in [9.17, 15) is 0 Å². The highest BCUT2D eigenvalue weighted by Gasteiger charge is 2.18. The Kier molecular flexibility index (Phi) is 8.97. The summed E-state index contributed by atoms with van der Waals surface area (Å²) in [6.07, 6.45) is 0. The number of nitrogens with one attached hydrogen (secondary N) is 2. The van der Waals surface area contributed by atoms with Gasteiger partial charge in [-0.2, -0.15) is 0 Å². The number of anilines is 4. The Morgan fingerprint density at radius 3 is 1.43 bits per heavy atom. The predicted molar refractivity (Wildman–Crippen MR) is 108 cm³/mol. The van der Waals surface area contributed by atoms with Gasteiger partial charge in [-0.3, -0.25) is 0 Å². The highest BCUT2D eigenvalue weighted by atomic mass is 16.8. The minimum Gasteiger partial charge on any atom is -0.463 e. The highest BCUT2D eigenvalue weighted by molar-refractivity contribution is 5.91. The molecule has 0 amide bonds. The standard InChI is InChI=1S/C20H26N2O8/c1-23-9-25-11-27-13-29-19-7-17-18(22-16-6-4-3-5-15(16)21-17)8-20(19)30-14-28-12-26-10-24-2/h3-8,21-22H,9-14H2,1-2H3. The first kappa shape index (κ1) is 22.1. The van der Waals surface area contributed by atoms with E-state index in [0.717, 1.165) is 22.7 Å². The van der Waals surface area contributed by atoms with Gasteiger partial charge < -0.3 is 48.5 Å². The van der Waals surface area contributed by atoms with Crippen molar-refractivity contribution in [3.63, 3.8) is 0 Å². The molecule has 3 rings (SSSR count). The molecule has 0 radical (unpaired) electrons. The van der Waals surface area contributed by atoms with E-state index in [0.29, 0.717) is 11.5 Å². The van der Waals surface area contributed by atoms with Gasteiger partial charge >= 0.3 is 0 Å².